The van der Waals surface area contributed by atoms with Crippen LogP contribution in [0.25, 0.3) is 0 Å². The Hall–Kier alpha value is -1.05. The zero-order chi connectivity index (χ0) is 14.6. The monoisotopic (exact) mass is 292 g/mol. The number of nitrogens with one attached hydrogen (secondary N) is 1. The van der Waals surface area contributed by atoms with Gasteiger partial charge < -0.3 is 0 Å². The third-order valence-electron chi connectivity index (χ3n) is 2.78. The van der Waals surface area contributed by atoms with Gasteiger partial charge in [-0.3, -0.25) is 0 Å². The summed E-state index contributed by atoms with van der Waals surface area (Å²) in [5, 5.41) is 0. The van der Waals surface area contributed by atoms with Crippen molar-refractivity contribution in [2.24, 2.45) is 0 Å². The molecule has 0 fully saturated rings. The summed E-state index contributed by atoms with van der Waals surface area (Å²) in [7, 11) is -2.19. The number of nitrogens with zero attached hydrogens (tertiary/aromatic N) is 1. The Morgan fingerprint density at radius 3 is 2.32 bits per heavy atom. The summed E-state index contributed by atoms with van der Waals surface area (Å²) in [5.74, 6) is -1.34. The Morgan fingerprint density at radius 1 is 1.32 bits per heavy atom. The Kier molecular flexibility index (Phi) is 5.39. The van der Waals surface area contributed by atoms with Crippen molar-refractivity contribution in [2.75, 3.05) is 13.6 Å². The third-order valence-corrected chi connectivity index (χ3v) is 4.56. The molecule has 1 aromatic carbocycles. The number of rotatable bonds is 6. The van der Waals surface area contributed by atoms with Crippen LogP contribution in [0.15, 0.2) is 18.2 Å². The largest absolute Gasteiger partial charge is 0.279 e. The fourth-order valence-electron chi connectivity index (χ4n) is 1.59. The summed E-state index contributed by atoms with van der Waals surface area (Å²) in [5.41, 5.74) is -0.114. The highest BCUT2D eigenvalue weighted by molar-refractivity contribution is 7.87. The summed E-state index contributed by atoms with van der Waals surface area (Å²) in [4.78, 5) is 0. The van der Waals surface area contributed by atoms with E-state index in [4.69, 9.17) is 0 Å². The standard InChI is InChI=1S/C12H18F2N2O2S/c1-4-16(3)19(17,18)15-9(2)8-10-11(13)6-5-7-12(10)14/h5-7,9,15H,4,8H2,1-3H3. The lowest BCUT2D eigenvalue weighted by molar-refractivity contribution is 0.458. The van der Waals surface area contributed by atoms with Crippen molar-refractivity contribution >= 4 is 10.2 Å². The summed E-state index contributed by atoms with van der Waals surface area (Å²) in [6.07, 6.45) is -0.0463. The van der Waals surface area contributed by atoms with Crippen molar-refractivity contribution in [1.29, 1.82) is 0 Å². The molecular formula is C12H18F2N2O2S. The first-order valence-electron chi connectivity index (χ1n) is 5.94. The molecule has 0 aliphatic carbocycles. The number of hydrogen-bond donors (Lipinski definition) is 1. The molecule has 0 saturated heterocycles. The Balaban J connectivity index is 2.79. The topological polar surface area (TPSA) is 49.4 Å². The summed E-state index contributed by atoms with van der Waals surface area (Å²) < 4.78 is 53.9. The second-order valence-corrected chi connectivity index (χ2v) is 6.15. The lowest BCUT2D eigenvalue weighted by Crippen LogP contribution is -2.43. The molecule has 1 unspecified atom stereocenters. The van der Waals surface area contributed by atoms with Gasteiger partial charge in [-0.1, -0.05) is 13.0 Å². The predicted octanol–water partition coefficient (Wildman–Crippen LogP) is 1.68. The molecule has 4 nitrogen and oxygen atoms in total. The van der Waals surface area contributed by atoms with Gasteiger partial charge in [0.25, 0.3) is 10.2 Å². The van der Waals surface area contributed by atoms with Gasteiger partial charge in [0.2, 0.25) is 0 Å². The molecular weight excluding hydrogens is 274 g/mol. The normalized spacial score (nSPS) is 13.8. The van der Waals surface area contributed by atoms with Gasteiger partial charge in [0.1, 0.15) is 11.6 Å². The van der Waals surface area contributed by atoms with Crippen LogP contribution in [0.5, 0.6) is 0 Å². The summed E-state index contributed by atoms with van der Waals surface area (Å²) >= 11 is 0. The highest BCUT2D eigenvalue weighted by atomic mass is 32.2. The predicted molar refractivity (Wildman–Crippen MR) is 69.9 cm³/mol. The molecule has 0 saturated carbocycles. The lowest BCUT2D eigenvalue weighted by atomic mass is 10.1. The quantitative estimate of drug-likeness (QED) is 0.867. The number of halogens is 2. The van der Waals surface area contributed by atoms with E-state index >= 15 is 0 Å². The van der Waals surface area contributed by atoms with Gasteiger partial charge in [0, 0.05) is 25.2 Å². The highest BCUT2D eigenvalue weighted by Crippen LogP contribution is 2.14. The Bertz CT molecular complexity index is 514. The molecule has 1 atom stereocenters. The molecule has 1 N–H and O–H groups in total. The van der Waals surface area contributed by atoms with E-state index in [1.807, 2.05) is 0 Å². The second kappa shape index (κ2) is 6.40. The van der Waals surface area contributed by atoms with Gasteiger partial charge in [-0.25, -0.2) is 8.78 Å². The molecule has 0 amide bonds. The molecule has 0 spiro atoms. The molecule has 1 rings (SSSR count). The van der Waals surface area contributed by atoms with Crippen LogP contribution >= 0.6 is 0 Å². The zero-order valence-corrected chi connectivity index (χ0v) is 12.0. The fourth-order valence-corrected chi connectivity index (χ4v) is 2.70. The molecule has 19 heavy (non-hydrogen) atoms. The summed E-state index contributed by atoms with van der Waals surface area (Å²) in [6, 6.07) is 2.97. The first-order chi connectivity index (χ1) is 8.77. The van der Waals surface area contributed by atoms with Crippen LogP contribution < -0.4 is 4.72 Å². The van der Waals surface area contributed by atoms with E-state index in [0.29, 0.717) is 6.54 Å². The van der Waals surface area contributed by atoms with Crippen molar-refractivity contribution in [1.82, 2.24) is 9.03 Å². The van der Waals surface area contributed by atoms with Gasteiger partial charge in [-0.05, 0) is 25.5 Å². The molecule has 0 bridgehead atoms. The third kappa shape index (κ3) is 4.22. The Morgan fingerprint density at radius 2 is 1.84 bits per heavy atom. The van der Waals surface area contributed by atoms with Crippen molar-refractivity contribution in [3.63, 3.8) is 0 Å². The van der Waals surface area contributed by atoms with Gasteiger partial charge >= 0.3 is 0 Å². The molecule has 7 heteroatoms. The van der Waals surface area contributed by atoms with Crippen LogP contribution in [0.1, 0.15) is 19.4 Å². The van der Waals surface area contributed by atoms with E-state index in [-0.39, 0.29) is 12.0 Å². The van der Waals surface area contributed by atoms with Crippen molar-refractivity contribution in [2.45, 2.75) is 26.3 Å². The number of hydrogen-bond acceptors (Lipinski definition) is 2. The minimum Gasteiger partial charge on any atom is -0.207 e. The van der Waals surface area contributed by atoms with E-state index in [2.05, 4.69) is 4.72 Å². The number of benzene rings is 1. The lowest BCUT2D eigenvalue weighted by Gasteiger charge is -2.20. The maximum atomic E-state index is 13.4. The first kappa shape index (κ1) is 16.0. The molecule has 0 aliphatic rings. The molecule has 108 valence electrons. The van der Waals surface area contributed by atoms with E-state index in [1.165, 1.54) is 13.1 Å². The first-order valence-corrected chi connectivity index (χ1v) is 7.38. The average molecular weight is 292 g/mol. The van der Waals surface area contributed by atoms with Crippen LogP contribution in [0, 0.1) is 11.6 Å². The van der Waals surface area contributed by atoms with Crippen LogP contribution in [0.4, 0.5) is 8.78 Å². The smallest absolute Gasteiger partial charge is 0.207 e. The SMILES string of the molecule is CCN(C)S(=O)(=O)NC(C)Cc1c(F)cccc1F. The molecule has 0 aliphatic heterocycles. The van der Waals surface area contributed by atoms with Crippen LogP contribution in [-0.4, -0.2) is 32.4 Å². The Labute approximate surface area is 112 Å². The fraction of sp³-hybridized carbons (Fsp3) is 0.500. The van der Waals surface area contributed by atoms with E-state index in [0.717, 1.165) is 16.4 Å². The average Bonchev–Trinajstić information content (AvgIpc) is 2.32. The van der Waals surface area contributed by atoms with Gasteiger partial charge in [-0.2, -0.15) is 17.4 Å². The van der Waals surface area contributed by atoms with Gasteiger partial charge in [-0.15, -0.1) is 0 Å². The van der Waals surface area contributed by atoms with E-state index < -0.39 is 27.9 Å². The van der Waals surface area contributed by atoms with Crippen LogP contribution in [-0.2, 0) is 16.6 Å². The molecule has 0 aromatic heterocycles. The minimum atomic E-state index is -3.62. The van der Waals surface area contributed by atoms with Crippen molar-refractivity contribution < 1.29 is 17.2 Å². The highest BCUT2D eigenvalue weighted by Gasteiger charge is 2.20. The van der Waals surface area contributed by atoms with E-state index in [1.54, 1.807) is 13.8 Å². The van der Waals surface area contributed by atoms with Gasteiger partial charge in [0.15, 0.2) is 0 Å². The van der Waals surface area contributed by atoms with Crippen LogP contribution in [0.3, 0.4) is 0 Å². The maximum absolute atomic E-state index is 13.4. The van der Waals surface area contributed by atoms with E-state index in [9.17, 15) is 17.2 Å². The minimum absolute atomic E-state index is 0.0463. The molecule has 1 aromatic rings. The molecule has 0 heterocycles. The second-order valence-electron chi connectivity index (χ2n) is 4.34. The molecule has 0 radical (unpaired) electrons. The zero-order valence-electron chi connectivity index (χ0n) is 11.2. The van der Waals surface area contributed by atoms with Crippen LogP contribution in [0.2, 0.25) is 0 Å². The summed E-state index contributed by atoms with van der Waals surface area (Å²) in [6.45, 7) is 3.57. The maximum Gasteiger partial charge on any atom is 0.279 e. The van der Waals surface area contributed by atoms with Crippen molar-refractivity contribution in [3.8, 4) is 0 Å². The van der Waals surface area contributed by atoms with Gasteiger partial charge in [0.05, 0.1) is 0 Å². The van der Waals surface area contributed by atoms with Crippen molar-refractivity contribution in [3.05, 3.63) is 35.4 Å².